The van der Waals surface area contributed by atoms with Crippen LogP contribution in [0.15, 0.2) is 42.6 Å². The molecule has 8 nitrogen and oxygen atoms in total. The lowest BCUT2D eigenvalue weighted by atomic mass is 10.2. The molecule has 1 fully saturated rings. The number of hydrogen-bond acceptors (Lipinski definition) is 6. The number of sulfonamides is 1. The van der Waals surface area contributed by atoms with Gasteiger partial charge in [-0.1, -0.05) is 12.1 Å². The van der Waals surface area contributed by atoms with E-state index in [-0.39, 0.29) is 5.91 Å². The van der Waals surface area contributed by atoms with Crippen LogP contribution >= 0.6 is 0 Å². The van der Waals surface area contributed by atoms with E-state index < -0.39 is 10.0 Å². The number of carbonyl (C=O) groups excluding carboxylic acids is 1. The minimum Gasteiger partial charge on any atom is -0.493 e. The predicted octanol–water partition coefficient (Wildman–Crippen LogP) is 1.81. The normalized spacial score (nSPS) is 15.3. The van der Waals surface area contributed by atoms with Gasteiger partial charge in [-0.15, -0.1) is 0 Å². The molecule has 28 heavy (non-hydrogen) atoms. The summed E-state index contributed by atoms with van der Waals surface area (Å²) in [6, 6.07) is 10.7. The average Bonchev–Trinajstić information content (AvgIpc) is 2.69. The molecule has 0 atom stereocenters. The van der Waals surface area contributed by atoms with E-state index in [1.165, 1.54) is 10.6 Å². The molecule has 0 radical (unpaired) electrons. The van der Waals surface area contributed by atoms with Gasteiger partial charge in [-0.3, -0.25) is 4.79 Å². The lowest BCUT2D eigenvalue weighted by Crippen LogP contribution is -2.48. The summed E-state index contributed by atoms with van der Waals surface area (Å²) in [7, 11) is -3.16. The highest BCUT2D eigenvalue weighted by molar-refractivity contribution is 7.88. The molecule has 1 aliphatic heterocycles. The van der Waals surface area contributed by atoms with Crippen molar-refractivity contribution in [2.24, 2.45) is 0 Å². The number of para-hydroxylation sites is 1. The molecule has 0 saturated carbocycles. The van der Waals surface area contributed by atoms with Gasteiger partial charge in [0.1, 0.15) is 11.6 Å². The van der Waals surface area contributed by atoms with Crippen LogP contribution < -0.4 is 15.0 Å². The first-order chi connectivity index (χ1) is 13.4. The van der Waals surface area contributed by atoms with Gasteiger partial charge in [0, 0.05) is 26.2 Å². The Kier molecular flexibility index (Phi) is 6.15. The predicted molar refractivity (Wildman–Crippen MR) is 108 cm³/mol. The van der Waals surface area contributed by atoms with Crippen LogP contribution in [-0.2, 0) is 10.0 Å². The Labute approximate surface area is 165 Å². The van der Waals surface area contributed by atoms with Crippen LogP contribution in [0.4, 0.5) is 11.5 Å². The third kappa shape index (κ3) is 4.79. The molecule has 1 aromatic heterocycles. The van der Waals surface area contributed by atoms with Gasteiger partial charge < -0.3 is 15.0 Å². The smallest absolute Gasteiger partial charge is 0.259 e. The van der Waals surface area contributed by atoms with Gasteiger partial charge in [0.05, 0.1) is 30.3 Å². The van der Waals surface area contributed by atoms with Crippen molar-refractivity contribution in [3.05, 3.63) is 48.2 Å². The summed E-state index contributed by atoms with van der Waals surface area (Å²) in [5.74, 6) is 1.03. The summed E-state index contributed by atoms with van der Waals surface area (Å²) >= 11 is 0. The number of ether oxygens (including phenoxy) is 1. The fourth-order valence-corrected chi connectivity index (χ4v) is 3.86. The molecule has 9 heteroatoms. The van der Waals surface area contributed by atoms with Crippen LogP contribution in [-0.4, -0.2) is 62.7 Å². The first-order valence-corrected chi connectivity index (χ1v) is 10.9. The van der Waals surface area contributed by atoms with E-state index in [1.54, 1.807) is 30.5 Å². The van der Waals surface area contributed by atoms with E-state index in [0.717, 1.165) is 5.82 Å². The highest BCUT2D eigenvalue weighted by Gasteiger charge is 2.24. The largest absolute Gasteiger partial charge is 0.493 e. The van der Waals surface area contributed by atoms with E-state index in [9.17, 15) is 13.2 Å². The van der Waals surface area contributed by atoms with Gasteiger partial charge in [-0.2, -0.15) is 4.31 Å². The zero-order chi connectivity index (χ0) is 20.1. The number of aromatic nitrogens is 1. The lowest BCUT2D eigenvalue weighted by Gasteiger charge is -2.33. The Balaban J connectivity index is 1.63. The molecule has 1 saturated heterocycles. The number of rotatable bonds is 6. The second-order valence-electron chi connectivity index (χ2n) is 6.44. The molecule has 1 aromatic carbocycles. The monoisotopic (exact) mass is 404 g/mol. The molecule has 3 rings (SSSR count). The molecule has 1 amide bonds. The fourth-order valence-electron chi connectivity index (χ4n) is 3.03. The van der Waals surface area contributed by atoms with Crippen LogP contribution in [0.1, 0.15) is 17.3 Å². The maximum atomic E-state index is 12.5. The van der Waals surface area contributed by atoms with Crippen LogP contribution in [0.5, 0.6) is 5.75 Å². The van der Waals surface area contributed by atoms with Gasteiger partial charge in [0.2, 0.25) is 10.0 Å². The summed E-state index contributed by atoms with van der Waals surface area (Å²) < 4.78 is 30.2. The summed E-state index contributed by atoms with van der Waals surface area (Å²) in [6.07, 6.45) is 2.82. The molecule has 1 aliphatic rings. The van der Waals surface area contributed by atoms with Gasteiger partial charge in [0.25, 0.3) is 5.91 Å². The molecular formula is C19H24N4O4S. The van der Waals surface area contributed by atoms with Crippen molar-refractivity contribution in [1.82, 2.24) is 9.29 Å². The Morgan fingerprint density at radius 2 is 1.86 bits per heavy atom. The molecule has 0 unspecified atom stereocenters. The third-order valence-corrected chi connectivity index (χ3v) is 5.77. The van der Waals surface area contributed by atoms with Gasteiger partial charge in [0.15, 0.2) is 0 Å². The van der Waals surface area contributed by atoms with Crippen LogP contribution in [0.25, 0.3) is 0 Å². The number of hydrogen-bond donors (Lipinski definition) is 1. The Bertz CT molecular complexity index is 923. The van der Waals surface area contributed by atoms with Crippen molar-refractivity contribution in [3.63, 3.8) is 0 Å². The van der Waals surface area contributed by atoms with Crippen molar-refractivity contribution in [3.8, 4) is 5.75 Å². The molecule has 150 valence electrons. The number of carbonyl (C=O) groups is 1. The number of benzene rings is 1. The molecule has 2 aromatic rings. The fraction of sp³-hybridized carbons (Fsp3) is 0.368. The highest BCUT2D eigenvalue weighted by Crippen LogP contribution is 2.21. The van der Waals surface area contributed by atoms with Crippen molar-refractivity contribution in [1.29, 1.82) is 0 Å². The van der Waals surface area contributed by atoms with Crippen molar-refractivity contribution in [2.45, 2.75) is 6.92 Å². The second kappa shape index (κ2) is 8.57. The molecule has 2 heterocycles. The number of piperazine rings is 1. The summed E-state index contributed by atoms with van der Waals surface area (Å²) in [5.41, 5.74) is 1.04. The summed E-state index contributed by atoms with van der Waals surface area (Å²) in [5, 5.41) is 2.83. The van der Waals surface area contributed by atoms with Gasteiger partial charge in [-0.25, -0.2) is 13.4 Å². The second-order valence-corrected chi connectivity index (χ2v) is 8.42. The van der Waals surface area contributed by atoms with E-state index in [2.05, 4.69) is 10.3 Å². The molecular weight excluding hydrogens is 380 g/mol. The van der Waals surface area contributed by atoms with Crippen molar-refractivity contribution < 1.29 is 17.9 Å². The quantitative estimate of drug-likeness (QED) is 0.790. The minimum absolute atomic E-state index is 0.264. The summed E-state index contributed by atoms with van der Waals surface area (Å²) in [4.78, 5) is 19.0. The number of anilines is 2. The number of nitrogens with one attached hydrogen (secondary N) is 1. The lowest BCUT2D eigenvalue weighted by molar-refractivity contribution is 0.102. The number of pyridine rings is 1. The summed E-state index contributed by atoms with van der Waals surface area (Å²) in [6.45, 7) is 4.38. The molecule has 0 spiro atoms. The maximum Gasteiger partial charge on any atom is 0.259 e. The first kappa shape index (κ1) is 20.1. The van der Waals surface area contributed by atoms with Crippen LogP contribution in [0.2, 0.25) is 0 Å². The van der Waals surface area contributed by atoms with Gasteiger partial charge in [-0.05, 0) is 31.2 Å². The Morgan fingerprint density at radius 3 is 2.46 bits per heavy atom. The van der Waals surface area contributed by atoms with E-state index in [1.807, 2.05) is 24.0 Å². The molecule has 0 bridgehead atoms. The topological polar surface area (TPSA) is 91.8 Å². The Hall–Kier alpha value is -2.65. The first-order valence-electron chi connectivity index (χ1n) is 9.08. The van der Waals surface area contributed by atoms with Crippen LogP contribution in [0.3, 0.4) is 0 Å². The SMILES string of the molecule is CCOc1ccccc1C(=O)Nc1ccc(N2CCN(S(C)(=O)=O)CC2)nc1. The minimum atomic E-state index is -3.16. The standard InChI is InChI=1S/C19H24N4O4S/c1-3-27-17-7-5-4-6-16(17)19(24)21-15-8-9-18(20-14-15)22-10-12-23(13-11-22)28(2,25)26/h4-9,14H,3,10-13H2,1-2H3,(H,21,24). The molecule has 0 aliphatic carbocycles. The van der Waals surface area contributed by atoms with E-state index >= 15 is 0 Å². The van der Waals surface area contributed by atoms with E-state index in [0.29, 0.717) is 49.8 Å². The van der Waals surface area contributed by atoms with Gasteiger partial charge >= 0.3 is 0 Å². The van der Waals surface area contributed by atoms with Crippen LogP contribution in [0, 0.1) is 0 Å². The third-order valence-electron chi connectivity index (χ3n) is 4.47. The molecule has 1 N–H and O–H groups in total. The van der Waals surface area contributed by atoms with Crippen molar-refractivity contribution in [2.75, 3.05) is 49.3 Å². The zero-order valence-corrected chi connectivity index (χ0v) is 16.8. The Morgan fingerprint density at radius 1 is 1.14 bits per heavy atom. The van der Waals surface area contributed by atoms with Crippen molar-refractivity contribution >= 4 is 27.4 Å². The van der Waals surface area contributed by atoms with E-state index in [4.69, 9.17) is 4.74 Å². The maximum absolute atomic E-state index is 12.5. The zero-order valence-electron chi connectivity index (χ0n) is 16.0. The highest BCUT2D eigenvalue weighted by atomic mass is 32.2. The average molecular weight is 404 g/mol. The number of nitrogens with zero attached hydrogens (tertiary/aromatic N) is 3. The number of amides is 1.